The summed E-state index contributed by atoms with van der Waals surface area (Å²) in [5, 5.41) is 10.7. The molecule has 0 aliphatic carbocycles. The number of nitro groups is 1. The van der Waals surface area contributed by atoms with Crippen LogP contribution in [0.1, 0.15) is 10.4 Å². The van der Waals surface area contributed by atoms with Crippen molar-refractivity contribution in [2.45, 2.75) is 0 Å². The number of halogens is 3. The van der Waals surface area contributed by atoms with E-state index in [1.54, 1.807) is 0 Å². The van der Waals surface area contributed by atoms with E-state index in [0.29, 0.717) is 0 Å². The summed E-state index contributed by atoms with van der Waals surface area (Å²) in [6, 6.07) is 2.46. The lowest BCUT2D eigenvalue weighted by molar-refractivity contribution is -0.385. The zero-order chi connectivity index (χ0) is 11.6. The molecule has 0 atom stereocenters. The summed E-state index contributed by atoms with van der Waals surface area (Å²) < 4.78 is 0. The smallest absolute Gasteiger partial charge is 0.293 e. The summed E-state index contributed by atoms with van der Waals surface area (Å²) in [6.45, 7) is 0. The first-order valence-corrected chi connectivity index (χ1v) is 5.57. The Hall–Kier alpha value is -0.650. The van der Waals surface area contributed by atoms with Gasteiger partial charge in [-0.25, -0.2) is 0 Å². The van der Waals surface area contributed by atoms with Crippen LogP contribution in [0.5, 0.6) is 0 Å². The fraction of sp³-hybridized carbons (Fsp3) is 0.125. The van der Waals surface area contributed by atoms with Crippen molar-refractivity contribution in [3.05, 3.63) is 37.9 Å². The average molecular weight is 313 g/mol. The van der Waals surface area contributed by atoms with E-state index in [4.69, 9.17) is 23.2 Å². The number of carbonyl (C=O) groups is 1. The number of carbonyl (C=O) groups excluding carboxylic acids is 1. The van der Waals surface area contributed by atoms with Crippen molar-refractivity contribution in [1.29, 1.82) is 0 Å². The topological polar surface area (TPSA) is 60.2 Å². The first-order valence-electron chi connectivity index (χ1n) is 3.70. The van der Waals surface area contributed by atoms with Crippen LogP contribution < -0.4 is 0 Å². The van der Waals surface area contributed by atoms with Gasteiger partial charge in [0.25, 0.3) is 5.69 Å². The Kier molecular flexibility index (Phi) is 4.07. The maximum absolute atomic E-state index is 11.4. The summed E-state index contributed by atoms with van der Waals surface area (Å²) in [7, 11) is 0. The van der Waals surface area contributed by atoms with E-state index in [0.717, 1.165) is 0 Å². The number of benzene rings is 1. The van der Waals surface area contributed by atoms with Crippen LogP contribution in [0, 0.1) is 10.1 Å². The number of nitro benzene ring substituents is 1. The molecule has 0 fully saturated rings. The summed E-state index contributed by atoms with van der Waals surface area (Å²) in [5.74, 6) is -0.439. The molecule has 80 valence electrons. The Morgan fingerprint density at radius 2 is 2.07 bits per heavy atom. The molecule has 1 aromatic carbocycles. The molecule has 0 bridgehead atoms. The van der Waals surface area contributed by atoms with E-state index < -0.39 is 16.4 Å². The number of ketones is 1. The number of hydrogen-bond donors (Lipinski definition) is 0. The number of hydrogen-bond acceptors (Lipinski definition) is 3. The standard InChI is InChI=1S/C8H4BrCl2NO3/c9-3-7(13)5-1-4(10)2-6(11)8(5)12(14)15/h1-2H,3H2. The number of Topliss-reactive ketones (excluding diaryl/α,β-unsaturated/α-hetero) is 1. The van der Waals surface area contributed by atoms with Crippen LogP contribution in [0.15, 0.2) is 12.1 Å². The molecule has 7 heteroatoms. The highest BCUT2D eigenvalue weighted by Crippen LogP contribution is 2.32. The molecule has 1 aromatic rings. The van der Waals surface area contributed by atoms with E-state index in [1.165, 1.54) is 12.1 Å². The molecular weight excluding hydrogens is 309 g/mol. The highest BCUT2D eigenvalue weighted by molar-refractivity contribution is 9.09. The molecule has 0 heterocycles. The van der Waals surface area contributed by atoms with Gasteiger partial charge in [-0.2, -0.15) is 0 Å². The van der Waals surface area contributed by atoms with Crippen molar-refractivity contribution in [2.75, 3.05) is 5.33 Å². The van der Waals surface area contributed by atoms with Gasteiger partial charge in [-0.05, 0) is 12.1 Å². The quantitative estimate of drug-likeness (QED) is 0.371. The van der Waals surface area contributed by atoms with Crippen molar-refractivity contribution in [3.8, 4) is 0 Å². The van der Waals surface area contributed by atoms with Crippen molar-refractivity contribution >= 4 is 50.6 Å². The second-order valence-electron chi connectivity index (χ2n) is 2.60. The number of nitrogens with zero attached hydrogens (tertiary/aromatic N) is 1. The molecule has 0 N–H and O–H groups in total. The zero-order valence-corrected chi connectivity index (χ0v) is 10.3. The Labute approximate surface area is 103 Å². The molecule has 0 radical (unpaired) electrons. The van der Waals surface area contributed by atoms with E-state index in [-0.39, 0.29) is 20.9 Å². The SMILES string of the molecule is O=C(CBr)c1cc(Cl)cc(Cl)c1[N+](=O)[O-]. The van der Waals surface area contributed by atoms with E-state index >= 15 is 0 Å². The fourth-order valence-corrected chi connectivity index (χ4v) is 1.90. The van der Waals surface area contributed by atoms with Gasteiger partial charge in [0.05, 0.1) is 15.8 Å². The van der Waals surface area contributed by atoms with Gasteiger partial charge >= 0.3 is 0 Å². The highest BCUT2D eigenvalue weighted by atomic mass is 79.9. The zero-order valence-electron chi connectivity index (χ0n) is 7.17. The second kappa shape index (κ2) is 4.92. The third kappa shape index (κ3) is 2.68. The lowest BCUT2D eigenvalue weighted by atomic mass is 10.1. The average Bonchev–Trinajstić information content (AvgIpc) is 2.14. The third-order valence-electron chi connectivity index (χ3n) is 1.63. The van der Waals surface area contributed by atoms with E-state index in [9.17, 15) is 14.9 Å². The number of rotatable bonds is 3. The molecule has 0 aromatic heterocycles. The summed E-state index contributed by atoms with van der Waals surface area (Å²) in [4.78, 5) is 21.4. The predicted octanol–water partition coefficient (Wildman–Crippen LogP) is 3.48. The Bertz CT molecular complexity index is 436. The maximum atomic E-state index is 11.4. The summed E-state index contributed by atoms with van der Waals surface area (Å²) >= 11 is 14.2. The van der Waals surface area contributed by atoms with E-state index in [2.05, 4.69) is 15.9 Å². The third-order valence-corrected chi connectivity index (χ3v) is 2.65. The Morgan fingerprint density at radius 1 is 1.47 bits per heavy atom. The van der Waals surface area contributed by atoms with Crippen molar-refractivity contribution in [1.82, 2.24) is 0 Å². The predicted molar refractivity (Wildman–Crippen MR) is 61.2 cm³/mol. The maximum Gasteiger partial charge on any atom is 0.298 e. The minimum absolute atomic E-state index is 0.0233. The Balaban J connectivity index is 3.46. The number of alkyl halides is 1. The minimum atomic E-state index is -0.700. The van der Waals surface area contributed by atoms with E-state index in [1.807, 2.05) is 0 Å². The van der Waals surface area contributed by atoms with Crippen LogP contribution in [0.3, 0.4) is 0 Å². The van der Waals surface area contributed by atoms with Crippen LogP contribution in [0.25, 0.3) is 0 Å². The molecule has 15 heavy (non-hydrogen) atoms. The molecule has 1 rings (SSSR count). The van der Waals surface area contributed by atoms with Gasteiger partial charge in [0.1, 0.15) is 5.02 Å². The van der Waals surface area contributed by atoms with Crippen LogP contribution in [0.4, 0.5) is 5.69 Å². The molecule has 0 spiro atoms. The lowest BCUT2D eigenvalue weighted by Gasteiger charge is -2.02. The van der Waals surface area contributed by atoms with Gasteiger partial charge < -0.3 is 0 Å². The van der Waals surface area contributed by atoms with Crippen molar-refractivity contribution in [2.24, 2.45) is 0 Å². The van der Waals surface area contributed by atoms with Crippen molar-refractivity contribution in [3.63, 3.8) is 0 Å². The van der Waals surface area contributed by atoms with Crippen LogP contribution in [0.2, 0.25) is 10.0 Å². The first-order chi connectivity index (χ1) is 6.97. The summed E-state index contributed by atoms with van der Waals surface area (Å²) in [5.41, 5.74) is -0.500. The molecule has 0 aliphatic heterocycles. The second-order valence-corrected chi connectivity index (χ2v) is 4.00. The van der Waals surface area contributed by atoms with Crippen molar-refractivity contribution < 1.29 is 9.72 Å². The summed E-state index contributed by atoms with van der Waals surface area (Å²) in [6.07, 6.45) is 0. The van der Waals surface area contributed by atoms with Crippen LogP contribution >= 0.6 is 39.1 Å². The molecular formula is C8H4BrCl2NO3. The van der Waals surface area contributed by atoms with Crippen LogP contribution in [-0.2, 0) is 0 Å². The fourth-order valence-electron chi connectivity index (χ4n) is 1.04. The minimum Gasteiger partial charge on any atom is -0.293 e. The van der Waals surface area contributed by atoms with Gasteiger partial charge in [0.15, 0.2) is 5.78 Å². The molecule has 0 amide bonds. The van der Waals surface area contributed by atoms with Crippen LogP contribution in [-0.4, -0.2) is 16.0 Å². The molecule has 0 saturated carbocycles. The largest absolute Gasteiger partial charge is 0.298 e. The van der Waals surface area contributed by atoms with Gasteiger partial charge in [0, 0.05) is 5.02 Å². The molecule has 0 saturated heterocycles. The van der Waals surface area contributed by atoms with Gasteiger partial charge in [-0.15, -0.1) is 0 Å². The highest BCUT2D eigenvalue weighted by Gasteiger charge is 2.24. The van der Waals surface area contributed by atoms with Gasteiger partial charge in [-0.1, -0.05) is 39.1 Å². The van der Waals surface area contributed by atoms with Gasteiger partial charge in [-0.3, -0.25) is 14.9 Å². The molecule has 0 aliphatic rings. The van der Waals surface area contributed by atoms with Gasteiger partial charge in [0.2, 0.25) is 0 Å². The molecule has 0 unspecified atom stereocenters. The normalized spacial score (nSPS) is 10.1. The first kappa shape index (κ1) is 12.4. The Morgan fingerprint density at radius 3 is 2.53 bits per heavy atom. The monoisotopic (exact) mass is 311 g/mol. The molecule has 4 nitrogen and oxygen atoms in total. The lowest BCUT2D eigenvalue weighted by Crippen LogP contribution is -2.05.